The molecular weight excluding hydrogens is 422 g/mol. The topological polar surface area (TPSA) is 54.9 Å². The highest BCUT2D eigenvalue weighted by Gasteiger charge is 2.20. The minimum atomic E-state index is 0. The van der Waals surface area contributed by atoms with Crippen molar-refractivity contribution in [1.82, 2.24) is 9.88 Å². The fourth-order valence-corrected chi connectivity index (χ4v) is 3.91. The normalized spacial score (nSPS) is 10.7. The standard InChI is InChI=1S/C22H27N3O3S.ClH/c1-24(2)13-7-14-25(21(26)12-15-28-17-8-5-4-6-9-17)22-23-19-16-18(27-3)10-11-20(19)29-22;/h4-6,8-11,16H,7,12-15H2,1-3H3;1H. The summed E-state index contributed by atoms with van der Waals surface area (Å²) in [5.41, 5.74) is 0.843. The van der Waals surface area contributed by atoms with Gasteiger partial charge in [0.15, 0.2) is 5.13 Å². The van der Waals surface area contributed by atoms with Crippen molar-refractivity contribution >= 4 is 45.0 Å². The van der Waals surface area contributed by atoms with Crippen molar-refractivity contribution in [1.29, 1.82) is 0 Å². The van der Waals surface area contributed by atoms with E-state index in [1.807, 2.05) is 62.6 Å². The van der Waals surface area contributed by atoms with Gasteiger partial charge in [-0.15, -0.1) is 12.4 Å². The number of ether oxygens (including phenoxy) is 2. The third kappa shape index (κ3) is 6.58. The molecule has 0 spiro atoms. The van der Waals surface area contributed by atoms with Gasteiger partial charge in [-0.1, -0.05) is 29.5 Å². The molecule has 8 heteroatoms. The van der Waals surface area contributed by atoms with Crippen molar-refractivity contribution in [3.8, 4) is 11.5 Å². The van der Waals surface area contributed by atoms with E-state index in [2.05, 4.69) is 4.90 Å². The number of para-hydroxylation sites is 1. The van der Waals surface area contributed by atoms with Crippen molar-refractivity contribution in [2.24, 2.45) is 0 Å². The van der Waals surface area contributed by atoms with Crippen LogP contribution < -0.4 is 14.4 Å². The number of hydrogen-bond acceptors (Lipinski definition) is 6. The average molecular weight is 450 g/mol. The molecule has 0 unspecified atom stereocenters. The predicted molar refractivity (Wildman–Crippen MR) is 125 cm³/mol. The second-order valence-electron chi connectivity index (χ2n) is 6.94. The number of amides is 1. The largest absolute Gasteiger partial charge is 0.497 e. The molecule has 0 bridgehead atoms. The average Bonchev–Trinajstić information content (AvgIpc) is 3.14. The molecule has 1 heterocycles. The fourth-order valence-electron chi connectivity index (χ4n) is 2.92. The van der Waals surface area contributed by atoms with Crippen LogP contribution in [0.1, 0.15) is 12.8 Å². The van der Waals surface area contributed by atoms with Gasteiger partial charge in [0.25, 0.3) is 0 Å². The molecule has 0 aliphatic rings. The number of hydrogen-bond donors (Lipinski definition) is 0. The number of carbonyl (C=O) groups is 1. The van der Waals surface area contributed by atoms with Crippen LogP contribution >= 0.6 is 23.7 Å². The van der Waals surface area contributed by atoms with Gasteiger partial charge < -0.3 is 14.4 Å². The molecule has 0 N–H and O–H groups in total. The number of aromatic nitrogens is 1. The molecule has 0 saturated heterocycles. The van der Waals surface area contributed by atoms with E-state index in [0.29, 0.717) is 19.6 Å². The van der Waals surface area contributed by atoms with Crippen LogP contribution in [0.4, 0.5) is 5.13 Å². The third-order valence-corrected chi connectivity index (χ3v) is 5.49. The monoisotopic (exact) mass is 449 g/mol. The lowest BCUT2D eigenvalue weighted by atomic mass is 10.3. The van der Waals surface area contributed by atoms with Gasteiger partial charge in [0, 0.05) is 12.6 Å². The van der Waals surface area contributed by atoms with Crippen molar-refractivity contribution < 1.29 is 14.3 Å². The number of halogens is 1. The summed E-state index contributed by atoms with van der Waals surface area (Å²) in [5.74, 6) is 1.55. The highest BCUT2D eigenvalue weighted by molar-refractivity contribution is 7.22. The number of thiazole rings is 1. The fraction of sp³-hybridized carbons (Fsp3) is 0.364. The second-order valence-corrected chi connectivity index (χ2v) is 7.95. The van der Waals surface area contributed by atoms with Crippen LogP contribution in [0.25, 0.3) is 10.2 Å². The molecule has 3 aromatic rings. The van der Waals surface area contributed by atoms with E-state index in [0.717, 1.165) is 39.8 Å². The maximum Gasteiger partial charge on any atom is 0.232 e. The van der Waals surface area contributed by atoms with Crippen LogP contribution in [0.15, 0.2) is 48.5 Å². The molecule has 0 saturated carbocycles. The Labute approximate surface area is 187 Å². The number of fused-ring (bicyclic) bond motifs is 1. The zero-order chi connectivity index (χ0) is 20.6. The number of anilines is 1. The van der Waals surface area contributed by atoms with Gasteiger partial charge in [-0.3, -0.25) is 9.69 Å². The van der Waals surface area contributed by atoms with Gasteiger partial charge in [-0.2, -0.15) is 0 Å². The highest BCUT2D eigenvalue weighted by Crippen LogP contribution is 2.31. The number of rotatable bonds is 10. The van der Waals surface area contributed by atoms with Gasteiger partial charge in [-0.25, -0.2) is 4.98 Å². The Kier molecular flexibility index (Phi) is 9.36. The lowest BCUT2D eigenvalue weighted by Crippen LogP contribution is -2.34. The van der Waals surface area contributed by atoms with Gasteiger partial charge in [-0.05, 0) is 51.3 Å². The number of nitrogens with zero attached hydrogens (tertiary/aromatic N) is 3. The molecule has 0 radical (unpaired) electrons. The summed E-state index contributed by atoms with van der Waals surface area (Å²) in [6, 6.07) is 15.3. The van der Waals surface area contributed by atoms with E-state index in [1.54, 1.807) is 12.0 Å². The first-order valence-corrected chi connectivity index (χ1v) is 10.5. The summed E-state index contributed by atoms with van der Waals surface area (Å²) in [5, 5.41) is 0.719. The van der Waals surface area contributed by atoms with Gasteiger partial charge in [0.2, 0.25) is 5.91 Å². The zero-order valence-electron chi connectivity index (χ0n) is 17.5. The van der Waals surface area contributed by atoms with Crippen molar-refractivity contribution in [3.63, 3.8) is 0 Å². The van der Waals surface area contributed by atoms with Gasteiger partial charge >= 0.3 is 0 Å². The Hall–Kier alpha value is -2.35. The van der Waals surface area contributed by atoms with Crippen LogP contribution in [-0.4, -0.2) is 56.7 Å². The SMILES string of the molecule is COc1ccc2sc(N(CCCN(C)C)C(=O)CCOc3ccccc3)nc2c1.Cl. The lowest BCUT2D eigenvalue weighted by Gasteiger charge is -2.21. The molecule has 0 aliphatic carbocycles. The predicted octanol–water partition coefficient (Wildman–Crippen LogP) is 4.48. The summed E-state index contributed by atoms with van der Waals surface area (Å²) in [6.45, 7) is 1.87. The van der Waals surface area contributed by atoms with Crippen LogP contribution in [0, 0.1) is 0 Å². The molecule has 162 valence electrons. The van der Waals surface area contributed by atoms with E-state index in [4.69, 9.17) is 14.5 Å². The van der Waals surface area contributed by atoms with E-state index >= 15 is 0 Å². The molecule has 2 aromatic carbocycles. The Balaban J connectivity index is 0.00000320. The van der Waals surface area contributed by atoms with Crippen molar-refractivity contribution in [2.45, 2.75) is 12.8 Å². The maximum absolute atomic E-state index is 13.0. The minimum Gasteiger partial charge on any atom is -0.497 e. The van der Waals surface area contributed by atoms with Crippen LogP contribution in [-0.2, 0) is 4.79 Å². The molecular formula is C22H28ClN3O3S. The Morgan fingerprint density at radius 2 is 1.83 bits per heavy atom. The van der Waals surface area contributed by atoms with Crippen LogP contribution in [0.2, 0.25) is 0 Å². The Bertz CT molecular complexity index is 934. The molecule has 30 heavy (non-hydrogen) atoms. The first kappa shape index (κ1) is 23.9. The summed E-state index contributed by atoms with van der Waals surface area (Å²) in [4.78, 5) is 21.6. The summed E-state index contributed by atoms with van der Waals surface area (Å²) < 4.78 is 12.0. The maximum atomic E-state index is 13.0. The van der Waals surface area contributed by atoms with E-state index < -0.39 is 0 Å². The van der Waals surface area contributed by atoms with E-state index in [-0.39, 0.29) is 18.3 Å². The van der Waals surface area contributed by atoms with Gasteiger partial charge in [0.1, 0.15) is 11.5 Å². The zero-order valence-corrected chi connectivity index (χ0v) is 19.2. The molecule has 1 aromatic heterocycles. The molecule has 1 amide bonds. The molecule has 3 rings (SSSR count). The highest BCUT2D eigenvalue weighted by atomic mass is 35.5. The molecule has 6 nitrogen and oxygen atoms in total. The smallest absolute Gasteiger partial charge is 0.232 e. The van der Waals surface area contributed by atoms with E-state index in [9.17, 15) is 4.79 Å². The number of carbonyl (C=O) groups excluding carboxylic acids is 1. The summed E-state index contributed by atoms with van der Waals surface area (Å²) >= 11 is 1.53. The first-order chi connectivity index (χ1) is 14.1. The first-order valence-electron chi connectivity index (χ1n) is 9.64. The third-order valence-electron chi connectivity index (χ3n) is 4.43. The Morgan fingerprint density at radius 1 is 1.07 bits per heavy atom. The van der Waals surface area contributed by atoms with Crippen LogP contribution in [0.3, 0.4) is 0 Å². The van der Waals surface area contributed by atoms with Crippen molar-refractivity contribution in [3.05, 3.63) is 48.5 Å². The quantitative estimate of drug-likeness (QED) is 0.456. The lowest BCUT2D eigenvalue weighted by molar-refractivity contribution is -0.119. The minimum absolute atomic E-state index is 0. The molecule has 0 atom stereocenters. The summed E-state index contributed by atoms with van der Waals surface area (Å²) in [6.07, 6.45) is 1.17. The number of benzene rings is 2. The summed E-state index contributed by atoms with van der Waals surface area (Å²) in [7, 11) is 5.70. The molecule has 0 aliphatic heterocycles. The number of methoxy groups -OCH3 is 1. The van der Waals surface area contributed by atoms with Crippen molar-refractivity contribution in [2.75, 3.05) is 45.8 Å². The second kappa shape index (κ2) is 11.7. The molecule has 0 fully saturated rings. The van der Waals surface area contributed by atoms with E-state index in [1.165, 1.54) is 11.3 Å². The van der Waals surface area contributed by atoms with Crippen LogP contribution in [0.5, 0.6) is 11.5 Å². The Morgan fingerprint density at radius 3 is 2.53 bits per heavy atom. The van der Waals surface area contributed by atoms with Gasteiger partial charge in [0.05, 0.1) is 30.4 Å².